The first-order valence-electron chi connectivity index (χ1n) is 11.6. The van der Waals surface area contributed by atoms with Gasteiger partial charge in [0, 0.05) is 37.1 Å². The maximum atomic E-state index is 13.0. The molecule has 0 bridgehead atoms. The van der Waals surface area contributed by atoms with E-state index in [0.717, 1.165) is 59.9 Å². The molecule has 0 unspecified atom stereocenters. The molecule has 3 N–H and O–H groups in total. The van der Waals surface area contributed by atoms with Gasteiger partial charge in [-0.25, -0.2) is 9.97 Å². The van der Waals surface area contributed by atoms with Gasteiger partial charge in [-0.2, -0.15) is 0 Å². The Morgan fingerprint density at radius 1 is 1.09 bits per heavy atom. The molecule has 7 nitrogen and oxygen atoms in total. The number of benzene rings is 1. The van der Waals surface area contributed by atoms with E-state index in [2.05, 4.69) is 36.9 Å². The van der Waals surface area contributed by atoms with Crippen molar-refractivity contribution in [3.05, 3.63) is 41.5 Å². The van der Waals surface area contributed by atoms with Gasteiger partial charge in [-0.05, 0) is 57.0 Å². The maximum absolute atomic E-state index is 13.0. The third-order valence-electron chi connectivity index (χ3n) is 6.38. The van der Waals surface area contributed by atoms with Gasteiger partial charge in [0.15, 0.2) is 0 Å². The third kappa shape index (κ3) is 5.02. The molecule has 1 aromatic carbocycles. The third-order valence-corrected chi connectivity index (χ3v) is 7.17. The second kappa shape index (κ2) is 9.83. The number of thiazole rings is 1. The van der Waals surface area contributed by atoms with Crippen molar-refractivity contribution >= 4 is 44.7 Å². The van der Waals surface area contributed by atoms with E-state index in [0.29, 0.717) is 18.2 Å². The lowest BCUT2D eigenvalue weighted by atomic mass is 10.1. The Hall–Kier alpha value is -2.71. The zero-order valence-corrected chi connectivity index (χ0v) is 19.1. The van der Waals surface area contributed by atoms with Crippen LogP contribution in [0.4, 0.5) is 17.2 Å². The van der Waals surface area contributed by atoms with Gasteiger partial charge in [0.1, 0.15) is 5.82 Å². The van der Waals surface area contributed by atoms with Crippen LogP contribution in [0, 0.1) is 0 Å². The molecule has 0 spiro atoms. The molecule has 2 fully saturated rings. The van der Waals surface area contributed by atoms with Gasteiger partial charge in [-0.15, -0.1) is 11.3 Å². The number of anilines is 3. The second-order valence-corrected chi connectivity index (χ2v) is 9.59. The van der Waals surface area contributed by atoms with Gasteiger partial charge >= 0.3 is 0 Å². The Balaban J connectivity index is 1.31. The number of hydrogen-bond acceptors (Lipinski definition) is 7. The van der Waals surface area contributed by atoms with Crippen LogP contribution in [-0.4, -0.2) is 53.0 Å². The molecule has 8 heteroatoms. The first-order valence-corrected chi connectivity index (χ1v) is 12.5. The van der Waals surface area contributed by atoms with Crippen molar-refractivity contribution in [1.82, 2.24) is 20.2 Å². The summed E-state index contributed by atoms with van der Waals surface area (Å²) in [7, 11) is 0. The Labute approximate surface area is 192 Å². The molecule has 1 aliphatic carbocycles. The predicted molar refractivity (Wildman–Crippen MR) is 131 cm³/mol. The van der Waals surface area contributed by atoms with E-state index in [9.17, 15) is 4.79 Å². The van der Waals surface area contributed by atoms with Crippen molar-refractivity contribution in [3.63, 3.8) is 0 Å². The summed E-state index contributed by atoms with van der Waals surface area (Å²) in [5, 5.41) is 10.1. The molecule has 0 atom stereocenters. The standard InChI is InChI=1S/C24H30N6OS/c31-24(25-9-12-30-10-3-4-11-30)19-15-26-23(14-21(19)28-17-5-1-2-6-17)29-18-7-8-20-22(13-18)32-16-27-20/h7-8,13-17H,1-6,9-12H2,(H,25,31)(H2,26,28,29). The predicted octanol–water partition coefficient (Wildman–Crippen LogP) is 4.62. The van der Waals surface area contributed by atoms with E-state index in [-0.39, 0.29) is 5.91 Å². The number of rotatable bonds is 8. The van der Waals surface area contributed by atoms with Crippen LogP contribution in [-0.2, 0) is 0 Å². The summed E-state index contributed by atoms with van der Waals surface area (Å²) >= 11 is 1.62. The minimum absolute atomic E-state index is 0.0603. The number of carbonyl (C=O) groups is 1. The van der Waals surface area contributed by atoms with Crippen LogP contribution >= 0.6 is 11.3 Å². The lowest BCUT2D eigenvalue weighted by Crippen LogP contribution is -2.34. The SMILES string of the molecule is O=C(NCCN1CCCC1)c1cnc(Nc2ccc3ncsc3c2)cc1NC1CCCC1. The first kappa shape index (κ1) is 21.2. The van der Waals surface area contributed by atoms with Crippen LogP contribution in [0.3, 0.4) is 0 Å². The van der Waals surface area contributed by atoms with E-state index < -0.39 is 0 Å². The number of carbonyl (C=O) groups excluding carboxylic acids is 1. The number of fused-ring (bicyclic) bond motifs is 1. The first-order chi connectivity index (χ1) is 15.7. The Morgan fingerprint density at radius 2 is 1.94 bits per heavy atom. The van der Waals surface area contributed by atoms with Crippen LogP contribution in [0.2, 0.25) is 0 Å². The van der Waals surface area contributed by atoms with Gasteiger partial charge < -0.3 is 20.9 Å². The van der Waals surface area contributed by atoms with Crippen molar-refractivity contribution in [2.24, 2.45) is 0 Å². The summed E-state index contributed by atoms with van der Waals surface area (Å²) in [6, 6.07) is 8.47. The minimum Gasteiger partial charge on any atom is -0.382 e. The Bertz CT molecular complexity index is 1070. The highest BCUT2D eigenvalue weighted by atomic mass is 32.1. The van der Waals surface area contributed by atoms with Crippen molar-refractivity contribution in [3.8, 4) is 0 Å². The Morgan fingerprint density at radius 3 is 2.78 bits per heavy atom. The molecule has 168 valence electrons. The zero-order valence-electron chi connectivity index (χ0n) is 18.3. The smallest absolute Gasteiger partial charge is 0.255 e. The number of likely N-dealkylation sites (tertiary alicyclic amines) is 1. The van der Waals surface area contributed by atoms with E-state index in [4.69, 9.17) is 0 Å². The molecular formula is C24H30N6OS. The van der Waals surface area contributed by atoms with E-state index >= 15 is 0 Å². The van der Waals surface area contributed by atoms with Gasteiger partial charge in [0.2, 0.25) is 0 Å². The molecule has 5 rings (SSSR count). The highest BCUT2D eigenvalue weighted by Crippen LogP contribution is 2.28. The van der Waals surface area contributed by atoms with Crippen LogP contribution < -0.4 is 16.0 Å². The number of aromatic nitrogens is 2. The highest BCUT2D eigenvalue weighted by Gasteiger charge is 2.20. The van der Waals surface area contributed by atoms with Gasteiger partial charge in [-0.3, -0.25) is 4.79 Å². The number of nitrogens with one attached hydrogen (secondary N) is 3. The summed E-state index contributed by atoms with van der Waals surface area (Å²) < 4.78 is 1.13. The van der Waals surface area contributed by atoms with Crippen LogP contribution in [0.15, 0.2) is 36.0 Å². The molecule has 3 aromatic rings. The minimum atomic E-state index is -0.0603. The van der Waals surface area contributed by atoms with Gasteiger partial charge in [0.05, 0.1) is 27.0 Å². The Kier molecular flexibility index (Phi) is 6.50. The van der Waals surface area contributed by atoms with Crippen LogP contribution in [0.1, 0.15) is 48.9 Å². The highest BCUT2D eigenvalue weighted by molar-refractivity contribution is 7.16. The van der Waals surface area contributed by atoms with Crippen molar-refractivity contribution < 1.29 is 4.79 Å². The molecular weight excluding hydrogens is 420 g/mol. The lowest BCUT2D eigenvalue weighted by molar-refractivity contribution is 0.0950. The summed E-state index contributed by atoms with van der Waals surface area (Å²) in [5.41, 5.74) is 5.28. The summed E-state index contributed by atoms with van der Waals surface area (Å²) in [5.74, 6) is 0.665. The normalized spacial score (nSPS) is 17.1. The van der Waals surface area contributed by atoms with Crippen molar-refractivity contribution in [1.29, 1.82) is 0 Å². The summed E-state index contributed by atoms with van der Waals surface area (Å²) in [4.78, 5) is 24.3. The average molecular weight is 451 g/mol. The fourth-order valence-electron chi connectivity index (χ4n) is 4.62. The molecule has 2 aliphatic rings. The lowest BCUT2D eigenvalue weighted by Gasteiger charge is -2.19. The van der Waals surface area contributed by atoms with E-state index in [1.165, 1.54) is 25.7 Å². The van der Waals surface area contributed by atoms with Crippen LogP contribution in [0.25, 0.3) is 10.2 Å². The molecule has 1 saturated heterocycles. The largest absolute Gasteiger partial charge is 0.382 e. The van der Waals surface area contributed by atoms with Crippen molar-refractivity contribution in [2.45, 2.75) is 44.6 Å². The van der Waals surface area contributed by atoms with Gasteiger partial charge in [0.25, 0.3) is 5.91 Å². The molecule has 3 heterocycles. The van der Waals surface area contributed by atoms with Crippen LogP contribution in [0.5, 0.6) is 0 Å². The number of pyridine rings is 1. The molecule has 1 aliphatic heterocycles. The fraction of sp³-hybridized carbons (Fsp3) is 0.458. The fourth-order valence-corrected chi connectivity index (χ4v) is 5.34. The zero-order chi connectivity index (χ0) is 21.8. The quantitative estimate of drug-likeness (QED) is 0.465. The number of amides is 1. The van der Waals surface area contributed by atoms with Crippen molar-refractivity contribution in [2.75, 3.05) is 36.8 Å². The molecule has 2 aromatic heterocycles. The molecule has 0 radical (unpaired) electrons. The number of nitrogens with zero attached hydrogens (tertiary/aromatic N) is 3. The monoisotopic (exact) mass is 450 g/mol. The topological polar surface area (TPSA) is 82.2 Å². The molecule has 32 heavy (non-hydrogen) atoms. The summed E-state index contributed by atoms with van der Waals surface area (Å²) in [6.45, 7) is 3.85. The summed E-state index contributed by atoms with van der Waals surface area (Å²) in [6.07, 6.45) is 8.97. The average Bonchev–Trinajstić information content (AvgIpc) is 3.57. The van der Waals surface area contributed by atoms with E-state index in [1.807, 2.05) is 23.7 Å². The molecule has 1 amide bonds. The molecule has 1 saturated carbocycles. The maximum Gasteiger partial charge on any atom is 0.255 e. The second-order valence-electron chi connectivity index (χ2n) is 8.71. The number of hydrogen-bond donors (Lipinski definition) is 3. The van der Waals surface area contributed by atoms with Gasteiger partial charge in [-0.1, -0.05) is 12.8 Å². The van der Waals surface area contributed by atoms with E-state index in [1.54, 1.807) is 17.5 Å².